The Kier molecular flexibility index (Phi) is 22.6. The maximum atomic E-state index is 12.7. The Bertz CT molecular complexity index is 1010. The summed E-state index contributed by atoms with van der Waals surface area (Å²) in [6.07, 6.45) is -8.75. The van der Waals surface area contributed by atoms with Crippen LogP contribution in [0.3, 0.4) is 0 Å². The minimum Gasteiger partial charge on any atom is -0.358 e. The molecule has 0 aromatic heterocycles. The smallest absolute Gasteiger partial charge is 0.358 e. The Hall–Kier alpha value is -1.58. The maximum absolute atomic E-state index is 12.7. The second-order valence-corrected chi connectivity index (χ2v) is 9.76. The van der Waals surface area contributed by atoms with E-state index in [4.69, 9.17) is 0 Å². The lowest BCUT2D eigenvalue weighted by Gasteiger charge is -2.30. The Balaban J connectivity index is -0.000000590. The predicted molar refractivity (Wildman–Crippen MR) is 156 cm³/mol. The number of nitrogens with zero attached hydrogens (tertiary/aromatic N) is 1. The van der Waals surface area contributed by atoms with Crippen LogP contribution in [0.2, 0.25) is 0 Å². The summed E-state index contributed by atoms with van der Waals surface area (Å²) in [7, 11) is 0. The number of amides is 1. The molecule has 2 aromatic rings. The van der Waals surface area contributed by atoms with Crippen LogP contribution in [-0.4, -0.2) is 50.6 Å². The number of nitrogens with one attached hydrogen (secondary N) is 1. The summed E-state index contributed by atoms with van der Waals surface area (Å²) in [5.74, 6) is -1.55. The molecule has 0 heterocycles. The summed E-state index contributed by atoms with van der Waals surface area (Å²) in [5, 5.41) is 2.51. The molecule has 1 N–H and O–H groups in total. The normalized spacial score (nSPS) is 12.1. The second-order valence-electron chi connectivity index (χ2n) is 7.76. The van der Waals surface area contributed by atoms with E-state index in [0.29, 0.717) is 21.4 Å². The number of hydrogen-bond acceptors (Lipinski definition) is 3. The van der Waals surface area contributed by atoms with Gasteiger partial charge in [0.15, 0.2) is 0 Å². The van der Waals surface area contributed by atoms with Crippen molar-refractivity contribution in [1.29, 1.82) is 0 Å². The van der Waals surface area contributed by atoms with Crippen molar-refractivity contribution >= 4 is 58.4 Å². The van der Waals surface area contributed by atoms with Gasteiger partial charge in [-0.15, -0.1) is 0 Å². The fourth-order valence-corrected chi connectivity index (χ4v) is 2.79. The van der Waals surface area contributed by atoms with Crippen molar-refractivity contribution in [3.05, 3.63) is 78.7 Å². The zero-order chi connectivity index (χ0) is 30.4. The van der Waals surface area contributed by atoms with E-state index in [1.54, 1.807) is 0 Å². The van der Waals surface area contributed by atoms with Gasteiger partial charge in [0, 0.05) is 13.1 Å². The van der Waals surface area contributed by atoms with Crippen molar-refractivity contribution < 1.29 is 44.7 Å². The van der Waals surface area contributed by atoms with Crippen LogP contribution in [0.1, 0.15) is 32.4 Å². The first-order valence-electron chi connectivity index (χ1n) is 10.9. The molecule has 0 bridgehead atoms. The predicted octanol–water partition coefficient (Wildman–Crippen LogP) is 8.76. The molecular formula is C26H32Br3F8N2O2-. The van der Waals surface area contributed by atoms with Crippen LogP contribution in [0.15, 0.2) is 48.5 Å². The van der Waals surface area contributed by atoms with Crippen molar-refractivity contribution in [2.75, 3.05) is 10.7 Å². The molecule has 1 amide bonds. The average Bonchev–Trinajstić information content (AvgIpc) is 2.86. The number of rotatable bonds is 8. The fraction of sp³-hybridized carbons (Fsp3) is 0.423. The summed E-state index contributed by atoms with van der Waals surface area (Å²) in [4.78, 5) is 22.0. The molecule has 0 radical (unpaired) electrons. The average molecular weight is 796 g/mol. The highest BCUT2D eigenvalue weighted by atomic mass is 79.9. The topological polar surface area (TPSA) is 49.4 Å². The molecule has 41 heavy (non-hydrogen) atoms. The first-order chi connectivity index (χ1) is 17.9. The summed E-state index contributed by atoms with van der Waals surface area (Å²) < 4.78 is 99.5. The van der Waals surface area contributed by atoms with E-state index in [9.17, 15) is 44.7 Å². The van der Waals surface area contributed by atoms with Crippen LogP contribution in [0.4, 0.5) is 35.1 Å². The van der Waals surface area contributed by atoms with Gasteiger partial charge in [0.1, 0.15) is 23.7 Å². The zero-order valence-corrected chi connectivity index (χ0v) is 26.3. The van der Waals surface area contributed by atoms with Gasteiger partial charge < -0.3 is 17.6 Å². The van der Waals surface area contributed by atoms with E-state index >= 15 is 0 Å². The quantitative estimate of drug-likeness (QED) is 0.126. The zero-order valence-electron chi connectivity index (χ0n) is 21.5. The molecule has 0 aliphatic carbocycles. The molecule has 0 saturated heterocycles. The van der Waals surface area contributed by atoms with E-state index < -0.39 is 42.0 Å². The van der Waals surface area contributed by atoms with Gasteiger partial charge in [0.25, 0.3) is 0 Å². The number of carbonyl (C=O) groups is 2. The molecule has 0 spiro atoms. The molecule has 2 aromatic carbocycles. The molecular weight excluding hydrogens is 764 g/mol. The Morgan fingerprint density at radius 3 is 1.51 bits per heavy atom. The molecule has 0 saturated carbocycles. The van der Waals surface area contributed by atoms with Crippen molar-refractivity contribution in [3.63, 3.8) is 0 Å². The van der Waals surface area contributed by atoms with E-state index in [-0.39, 0.29) is 38.0 Å². The van der Waals surface area contributed by atoms with E-state index in [2.05, 4.69) is 53.1 Å². The molecule has 15 heteroatoms. The van der Waals surface area contributed by atoms with Gasteiger partial charge in [-0.1, -0.05) is 63.6 Å². The largest absolute Gasteiger partial charge is 0.408 e. The molecule has 2 atom stereocenters. The first kappa shape index (κ1) is 43.9. The molecule has 4 nitrogen and oxygen atoms in total. The highest BCUT2D eigenvalue weighted by molar-refractivity contribution is 9.19. The standard InChI is InChI=1S/C12H12BrF4NO.C10H11F4N.C2H2Br2O.CH4.CH3/c1-8(12(15,16)17)18(11(19)6-13)7-9-2-4-10(14)5-3-9;1-7(10(12,13)14)15-6-8-2-4-9(11)5-3-8;3-1-2(4)5;;/h2-5,8H,6-7H2,1H3;2-5,7,15H,6H2,1H3;1H2;1H4;1H3/q;;;;-1/t8-;7-;;;/m00.../s1. The van der Waals surface area contributed by atoms with Crippen LogP contribution < -0.4 is 5.32 Å². The van der Waals surface area contributed by atoms with E-state index in [0.717, 1.165) is 26.0 Å². The maximum Gasteiger partial charge on any atom is 0.408 e. The second kappa shape index (κ2) is 21.2. The number of alkyl halides is 8. The molecule has 0 unspecified atom stereocenters. The van der Waals surface area contributed by atoms with Crippen LogP contribution in [0, 0.1) is 19.1 Å². The lowest BCUT2D eigenvalue weighted by molar-refractivity contribution is -0.186. The van der Waals surface area contributed by atoms with Crippen LogP contribution in [0.5, 0.6) is 0 Å². The number of halogens is 11. The summed E-state index contributed by atoms with van der Waals surface area (Å²) in [6.45, 7) is 1.82. The van der Waals surface area contributed by atoms with E-state index in [1.807, 2.05) is 0 Å². The van der Waals surface area contributed by atoms with Crippen molar-refractivity contribution in [2.45, 2.75) is 58.8 Å². The summed E-state index contributed by atoms with van der Waals surface area (Å²) in [5.41, 5.74) is 1.05. The number of carbonyl (C=O) groups excluding carboxylic acids is 2. The van der Waals surface area contributed by atoms with Crippen molar-refractivity contribution in [1.82, 2.24) is 10.2 Å². The molecule has 0 aliphatic rings. The lowest BCUT2D eigenvalue weighted by Crippen LogP contribution is -2.47. The SMILES string of the molecule is C.C[C@H](N(Cc1ccc(F)cc1)C(=O)CBr)C(F)(F)F.C[C@H](NCc1ccc(F)cc1)C(F)(F)F.O=C(Br)CBr.[CH3-]. The van der Waals surface area contributed by atoms with Crippen molar-refractivity contribution in [3.8, 4) is 0 Å². The Morgan fingerprint density at radius 2 is 1.20 bits per heavy atom. The van der Waals surface area contributed by atoms with Gasteiger partial charge in [0.2, 0.25) is 10.6 Å². The van der Waals surface area contributed by atoms with Gasteiger partial charge in [-0.25, -0.2) is 8.78 Å². The lowest BCUT2D eigenvalue weighted by atomic mass is 10.1. The highest BCUT2D eigenvalue weighted by Gasteiger charge is 2.41. The number of hydrogen-bond donors (Lipinski definition) is 1. The highest BCUT2D eigenvalue weighted by Crippen LogP contribution is 2.26. The van der Waals surface area contributed by atoms with E-state index in [1.165, 1.54) is 36.4 Å². The summed E-state index contributed by atoms with van der Waals surface area (Å²) >= 11 is 8.46. The van der Waals surface area contributed by atoms with Crippen molar-refractivity contribution in [2.24, 2.45) is 0 Å². The minimum atomic E-state index is -4.50. The van der Waals surface area contributed by atoms with Crippen LogP contribution in [0.25, 0.3) is 0 Å². The Labute approximate surface area is 260 Å². The fourth-order valence-electron chi connectivity index (χ4n) is 2.47. The van der Waals surface area contributed by atoms with Gasteiger partial charge in [-0.3, -0.25) is 9.59 Å². The molecule has 0 aliphatic heterocycles. The molecule has 0 fully saturated rings. The van der Waals surface area contributed by atoms with Crippen LogP contribution in [-0.2, 0) is 22.7 Å². The van der Waals surface area contributed by atoms with Gasteiger partial charge >= 0.3 is 12.4 Å². The monoisotopic (exact) mass is 793 g/mol. The summed E-state index contributed by atoms with van der Waals surface area (Å²) in [6, 6.07) is 6.86. The minimum absolute atomic E-state index is 0. The van der Waals surface area contributed by atoms with Crippen LogP contribution >= 0.6 is 47.8 Å². The third-order valence-corrected chi connectivity index (χ3v) is 6.79. The molecule has 236 valence electrons. The third-order valence-electron chi connectivity index (χ3n) is 4.76. The Morgan fingerprint density at radius 1 is 0.805 bits per heavy atom. The van der Waals surface area contributed by atoms with Gasteiger partial charge in [-0.05, 0) is 65.2 Å². The number of benzene rings is 2. The third kappa shape index (κ3) is 19.3. The first-order valence-corrected chi connectivity index (χ1v) is 13.9. The van der Waals surface area contributed by atoms with Gasteiger partial charge in [-0.2, -0.15) is 26.3 Å². The van der Waals surface area contributed by atoms with Gasteiger partial charge in [0.05, 0.1) is 10.7 Å². The molecule has 2 rings (SSSR count).